The average Bonchev–Trinajstić information content (AvgIpc) is 3.15. The molecule has 124 valence electrons. The van der Waals surface area contributed by atoms with Gasteiger partial charge >= 0.3 is 6.18 Å². The molecule has 1 saturated heterocycles. The van der Waals surface area contributed by atoms with E-state index in [0.717, 1.165) is 19.2 Å². The minimum atomic E-state index is -4.41. The highest BCUT2D eigenvalue weighted by atomic mass is 19.4. The molecule has 0 amide bonds. The molecule has 1 aliphatic heterocycles. The van der Waals surface area contributed by atoms with E-state index in [1.54, 1.807) is 0 Å². The van der Waals surface area contributed by atoms with E-state index >= 15 is 0 Å². The maximum atomic E-state index is 12.6. The van der Waals surface area contributed by atoms with Crippen LogP contribution in [0.4, 0.5) is 13.2 Å². The Morgan fingerprint density at radius 2 is 1.96 bits per heavy atom. The second-order valence-electron chi connectivity index (χ2n) is 5.98. The smallest absolute Gasteiger partial charge is 0.330 e. The lowest BCUT2D eigenvalue weighted by atomic mass is 9.89. The summed E-state index contributed by atoms with van der Waals surface area (Å²) in [5.41, 5.74) is 6.71. The van der Waals surface area contributed by atoms with Crippen molar-refractivity contribution >= 4 is 0 Å². The maximum absolute atomic E-state index is 12.6. The van der Waals surface area contributed by atoms with Crippen LogP contribution >= 0.6 is 0 Å². The Morgan fingerprint density at radius 1 is 1.22 bits per heavy atom. The molecule has 0 aliphatic carbocycles. The third-order valence-electron chi connectivity index (χ3n) is 4.36. The van der Waals surface area contributed by atoms with E-state index in [1.165, 1.54) is 5.56 Å². The first-order valence-corrected chi connectivity index (χ1v) is 7.56. The summed E-state index contributed by atoms with van der Waals surface area (Å²) in [6.45, 7) is 2.54. The average molecular weight is 324 g/mol. The fraction of sp³-hybridized carbons (Fsp3) is 0.438. The van der Waals surface area contributed by atoms with E-state index in [-0.39, 0.29) is 0 Å². The minimum absolute atomic E-state index is 0.308. The summed E-state index contributed by atoms with van der Waals surface area (Å²) in [7, 11) is 0. The Kier molecular flexibility index (Phi) is 4.41. The minimum Gasteiger partial charge on any atom is -0.330 e. The summed E-state index contributed by atoms with van der Waals surface area (Å²) in [6, 6.07) is 11.2. The number of aromatic amines is 1. The summed E-state index contributed by atoms with van der Waals surface area (Å²) in [5.74, 6) is 0.619. The Bertz CT molecular complexity index is 638. The SMILES string of the molecule is NC[C@@H]1CN(Cc2cc(C(F)(F)F)n[nH]2)C[C@H]1c1ccccc1. The molecule has 2 atom stereocenters. The molecule has 7 heteroatoms. The Hall–Kier alpha value is -1.86. The van der Waals surface area contributed by atoms with Gasteiger partial charge in [-0.1, -0.05) is 30.3 Å². The van der Waals surface area contributed by atoms with Crippen molar-refractivity contribution in [3.63, 3.8) is 0 Å². The first-order chi connectivity index (χ1) is 11.0. The number of H-pyrrole nitrogens is 1. The molecule has 0 unspecified atom stereocenters. The van der Waals surface area contributed by atoms with Crippen molar-refractivity contribution in [2.75, 3.05) is 19.6 Å². The van der Waals surface area contributed by atoms with Gasteiger partial charge in [0.15, 0.2) is 5.69 Å². The van der Waals surface area contributed by atoms with E-state index in [1.807, 2.05) is 18.2 Å². The van der Waals surface area contributed by atoms with Crippen LogP contribution in [0.25, 0.3) is 0 Å². The molecule has 3 N–H and O–H groups in total. The standard InChI is InChI=1S/C16H19F3N4/c17-16(18,19)15-6-13(21-22-15)9-23-8-12(7-20)14(10-23)11-4-2-1-3-5-11/h1-6,12,14H,7-10,20H2,(H,21,22)/t12-,14+/m1/s1. The zero-order valence-electron chi connectivity index (χ0n) is 12.6. The van der Waals surface area contributed by atoms with Crippen molar-refractivity contribution in [2.24, 2.45) is 11.7 Å². The number of hydrogen-bond acceptors (Lipinski definition) is 3. The zero-order valence-corrected chi connectivity index (χ0v) is 12.6. The van der Waals surface area contributed by atoms with Crippen molar-refractivity contribution in [3.05, 3.63) is 53.3 Å². The molecule has 3 rings (SSSR count). The fourth-order valence-electron chi connectivity index (χ4n) is 3.24. The summed E-state index contributed by atoms with van der Waals surface area (Å²) in [4.78, 5) is 2.13. The molecule has 0 spiro atoms. The number of alkyl halides is 3. The fourth-order valence-corrected chi connectivity index (χ4v) is 3.24. The van der Waals surface area contributed by atoms with Gasteiger partial charge in [-0.25, -0.2) is 0 Å². The Balaban J connectivity index is 1.69. The van der Waals surface area contributed by atoms with Crippen LogP contribution < -0.4 is 5.73 Å². The number of nitrogens with two attached hydrogens (primary N) is 1. The topological polar surface area (TPSA) is 57.9 Å². The highest BCUT2D eigenvalue weighted by molar-refractivity contribution is 5.23. The zero-order chi connectivity index (χ0) is 16.4. The van der Waals surface area contributed by atoms with E-state index < -0.39 is 11.9 Å². The molecule has 4 nitrogen and oxygen atoms in total. The second kappa shape index (κ2) is 6.33. The van der Waals surface area contributed by atoms with Crippen molar-refractivity contribution in [3.8, 4) is 0 Å². The normalized spacial score (nSPS) is 22.6. The summed E-state index contributed by atoms with van der Waals surface area (Å²) < 4.78 is 37.8. The Morgan fingerprint density at radius 3 is 2.57 bits per heavy atom. The van der Waals surface area contributed by atoms with Gasteiger partial charge in [0.25, 0.3) is 0 Å². The molecule has 0 bridgehead atoms. The molecular weight excluding hydrogens is 305 g/mol. The lowest BCUT2D eigenvalue weighted by Gasteiger charge is -2.16. The number of likely N-dealkylation sites (tertiary alicyclic amines) is 1. The van der Waals surface area contributed by atoms with Crippen LogP contribution in [0.5, 0.6) is 0 Å². The Labute approximate surface area is 132 Å². The second-order valence-corrected chi connectivity index (χ2v) is 5.98. The monoisotopic (exact) mass is 324 g/mol. The molecule has 1 aromatic heterocycles. The van der Waals surface area contributed by atoms with E-state index in [2.05, 4.69) is 27.2 Å². The molecule has 23 heavy (non-hydrogen) atoms. The van der Waals surface area contributed by atoms with Crippen molar-refractivity contribution in [1.29, 1.82) is 0 Å². The van der Waals surface area contributed by atoms with Crippen LogP contribution in [0.15, 0.2) is 36.4 Å². The summed E-state index contributed by atoms with van der Waals surface area (Å²) >= 11 is 0. The third-order valence-corrected chi connectivity index (χ3v) is 4.36. The van der Waals surface area contributed by atoms with Crippen molar-refractivity contribution in [2.45, 2.75) is 18.6 Å². The van der Waals surface area contributed by atoms with E-state index in [4.69, 9.17) is 5.73 Å². The predicted octanol–water partition coefficient (Wildman–Crippen LogP) is 2.60. The first-order valence-electron chi connectivity index (χ1n) is 7.56. The third kappa shape index (κ3) is 3.56. The number of halogens is 3. The highest BCUT2D eigenvalue weighted by Crippen LogP contribution is 2.33. The number of nitrogens with one attached hydrogen (secondary N) is 1. The quantitative estimate of drug-likeness (QED) is 0.909. The van der Waals surface area contributed by atoms with Crippen LogP contribution in [0.1, 0.15) is 22.9 Å². The van der Waals surface area contributed by atoms with Crippen LogP contribution in [0, 0.1) is 5.92 Å². The van der Waals surface area contributed by atoms with Gasteiger partial charge in [0.05, 0.1) is 0 Å². The lowest BCUT2D eigenvalue weighted by Crippen LogP contribution is -2.23. The number of rotatable bonds is 4. The summed E-state index contributed by atoms with van der Waals surface area (Å²) in [6.07, 6.45) is -4.41. The van der Waals surface area contributed by atoms with E-state index in [0.29, 0.717) is 30.6 Å². The number of nitrogens with zero attached hydrogens (tertiary/aromatic N) is 2. The van der Waals surface area contributed by atoms with Gasteiger partial charge in [0, 0.05) is 31.2 Å². The van der Waals surface area contributed by atoms with Gasteiger partial charge < -0.3 is 5.73 Å². The van der Waals surface area contributed by atoms with Gasteiger partial charge in [0.1, 0.15) is 0 Å². The van der Waals surface area contributed by atoms with Gasteiger partial charge in [-0.3, -0.25) is 10.00 Å². The maximum Gasteiger partial charge on any atom is 0.435 e. The molecule has 2 heterocycles. The van der Waals surface area contributed by atoms with Crippen LogP contribution in [-0.2, 0) is 12.7 Å². The van der Waals surface area contributed by atoms with E-state index in [9.17, 15) is 13.2 Å². The molecule has 2 aromatic rings. The molecule has 0 saturated carbocycles. The lowest BCUT2D eigenvalue weighted by molar-refractivity contribution is -0.141. The van der Waals surface area contributed by atoms with Crippen LogP contribution in [0.2, 0.25) is 0 Å². The van der Waals surface area contributed by atoms with Crippen LogP contribution in [0.3, 0.4) is 0 Å². The van der Waals surface area contributed by atoms with Crippen LogP contribution in [-0.4, -0.2) is 34.7 Å². The number of aromatic nitrogens is 2. The van der Waals surface area contributed by atoms with Gasteiger partial charge in [-0.2, -0.15) is 18.3 Å². The molecular formula is C16H19F3N4. The number of benzene rings is 1. The molecule has 1 aliphatic rings. The number of hydrogen-bond donors (Lipinski definition) is 2. The molecule has 1 aromatic carbocycles. The summed E-state index contributed by atoms with van der Waals surface area (Å²) in [5, 5.41) is 5.83. The van der Waals surface area contributed by atoms with Gasteiger partial charge in [-0.05, 0) is 24.1 Å². The van der Waals surface area contributed by atoms with Gasteiger partial charge in [-0.15, -0.1) is 0 Å². The molecule has 0 radical (unpaired) electrons. The largest absolute Gasteiger partial charge is 0.435 e. The van der Waals surface area contributed by atoms with Gasteiger partial charge in [0.2, 0.25) is 0 Å². The van der Waals surface area contributed by atoms with Crippen molar-refractivity contribution in [1.82, 2.24) is 15.1 Å². The highest BCUT2D eigenvalue weighted by Gasteiger charge is 2.35. The first kappa shape index (κ1) is 16.0. The molecule has 1 fully saturated rings. The van der Waals surface area contributed by atoms with Crippen molar-refractivity contribution < 1.29 is 13.2 Å². The predicted molar refractivity (Wildman–Crippen MR) is 80.6 cm³/mol.